The lowest BCUT2D eigenvalue weighted by Crippen LogP contribution is -2.28. The third-order valence-electron chi connectivity index (χ3n) is 4.96. The molecule has 4 aromatic rings. The highest BCUT2D eigenvalue weighted by molar-refractivity contribution is 7.92. The maximum Gasteiger partial charge on any atom is 0.261 e. The SMILES string of the molecule is O=C(COc1ccc(S(=O)(=O)Nc2ccc(Cl)cc2)cc1)NCc1cccc2ccccc12. The number of halogens is 1. The molecule has 0 aromatic heterocycles. The van der Waals surface area contributed by atoms with Gasteiger partial charge in [-0.3, -0.25) is 9.52 Å². The van der Waals surface area contributed by atoms with Gasteiger partial charge in [-0.2, -0.15) is 0 Å². The van der Waals surface area contributed by atoms with Gasteiger partial charge in [0.05, 0.1) is 4.90 Å². The highest BCUT2D eigenvalue weighted by atomic mass is 35.5. The largest absolute Gasteiger partial charge is 0.484 e. The van der Waals surface area contributed by atoms with Crippen LogP contribution in [0.15, 0.2) is 95.9 Å². The lowest BCUT2D eigenvalue weighted by Gasteiger charge is -2.11. The molecule has 33 heavy (non-hydrogen) atoms. The van der Waals surface area contributed by atoms with Crippen LogP contribution in [0.2, 0.25) is 5.02 Å². The zero-order valence-corrected chi connectivity index (χ0v) is 19.1. The molecular formula is C25H21ClN2O4S. The van der Waals surface area contributed by atoms with Gasteiger partial charge < -0.3 is 10.1 Å². The molecule has 0 aliphatic carbocycles. The molecule has 0 saturated heterocycles. The first-order chi connectivity index (χ1) is 15.9. The molecule has 2 N–H and O–H groups in total. The highest BCUT2D eigenvalue weighted by Gasteiger charge is 2.14. The molecule has 6 nitrogen and oxygen atoms in total. The smallest absolute Gasteiger partial charge is 0.261 e. The molecule has 0 spiro atoms. The molecule has 4 rings (SSSR count). The predicted octanol–water partition coefficient (Wildman–Crippen LogP) is 4.99. The Labute approximate surface area is 197 Å². The van der Waals surface area contributed by atoms with Crippen molar-refractivity contribution < 1.29 is 17.9 Å². The number of hydrogen-bond acceptors (Lipinski definition) is 4. The number of ether oxygens (including phenoxy) is 1. The van der Waals surface area contributed by atoms with E-state index in [1.807, 2.05) is 42.5 Å². The molecule has 8 heteroatoms. The third-order valence-corrected chi connectivity index (χ3v) is 6.61. The van der Waals surface area contributed by atoms with E-state index in [9.17, 15) is 13.2 Å². The minimum Gasteiger partial charge on any atom is -0.484 e. The van der Waals surface area contributed by atoms with Crippen LogP contribution in [0.3, 0.4) is 0 Å². The molecule has 168 valence electrons. The summed E-state index contributed by atoms with van der Waals surface area (Å²) in [7, 11) is -3.76. The van der Waals surface area contributed by atoms with Gasteiger partial charge in [0.25, 0.3) is 15.9 Å². The fourth-order valence-corrected chi connectivity index (χ4v) is 4.47. The number of amides is 1. The summed E-state index contributed by atoms with van der Waals surface area (Å²) >= 11 is 5.82. The number of anilines is 1. The van der Waals surface area contributed by atoms with Crippen molar-refractivity contribution in [1.82, 2.24) is 5.32 Å². The van der Waals surface area contributed by atoms with E-state index in [1.54, 1.807) is 24.3 Å². The monoisotopic (exact) mass is 480 g/mol. The predicted molar refractivity (Wildman–Crippen MR) is 130 cm³/mol. The minimum absolute atomic E-state index is 0.0743. The van der Waals surface area contributed by atoms with Crippen molar-refractivity contribution in [2.45, 2.75) is 11.4 Å². The van der Waals surface area contributed by atoms with Crippen LogP contribution in [0.25, 0.3) is 10.8 Å². The van der Waals surface area contributed by atoms with Crippen LogP contribution in [0.1, 0.15) is 5.56 Å². The van der Waals surface area contributed by atoms with Crippen LogP contribution >= 0.6 is 11.6 Å². The van der Waals surface area contributed by atoms with Crippen LogP contribution in [0.4, 0.5) is 5.69 Å². The Morgan fingerprint density at radius 1 is 0.848 bits per heavy atom. The standard InChI is InChI=1S/C25H21ClN2O4S/c26-20-8-10-21(11-9-20)28-33(30,31)23-14-12-22(13-15-23)32-17-25(29)27-16-19-6-3-5-18-4-1-2-7-24(18)19/h1-15,28H,16-17H2,(H,27,29). The van der Waals surface area contributed by atoms with Gasteiger partial charge >= 0.3 is 0 Å². The van der Waals surface area contributed by atoms with E-state index in [-0.39, 0.29) is 17.4 Å². The fraction of sp³-hybridized carbons (Fsp3) is 0.0800. The molecule has 1 amide bonds. The number of rotatable bonds is 8. The Morgan fingerprint density at radius 2 is 1.55 bits per heavy atom. The number of hydrogen-bond donors (Lipinski definition) is 2. The second-order valence-electron chi connectivity index (χ2n) is 7.29. The van der Waals surface area contributed by atoms with Crippen LogP contribution in [0, 0.1) is 0 Å². The molecule has 0 radical (unpaired) electrons. The fourth-order valence-electron chi connectivity index (χ4n) is 3.29. The molecule has 0 aliphatic rings. The Bertz CT molecular complexity index is 1370. The number of carbonyl (C=O) groups excluding carboxylic acids is 1. The summed E-state index contributed by atoms with van der Waals surface area (Å²) in [5.41, 5.74) is 1.42. The van der Waals surface area contributed by atoms with Crippen molar-refractivity contribution in [3.63, 3.8) is 0 Å². The van der Waals surface area contributed by atoms with Crippen molar-refractivity contribution >= 4 is 44.0 Å². The zero-order valence-electron chi connectivity index (χ0n) is 17.5. The van der Waals surface area contributed by atoms with E-state index in [0.717, 1.165) is 16.3 Å². The second kappa shape index (κ2) is 9.94. The van der Waals surface area contributed by atoms with Gasteiger partial charge in [0.2, 0.25) is 0 Å². The first-order valence-corrected chi connectivity index (χ1v) is 12.0. The molecule has 0 atom stereocenters. The quantitative estimate of drug-likeness (QED) is 0.372. The maximum absolute atomic E-state index is 12.5. The first-order valence-electron chi connectivity index (χ1n) is 10.2. The van der Waals surface area contributed by atoms with Gasteiger partial charge in [0.15, 0.2) is 6.61 Å². The summed E-state index contributed by atoms with van der Waals surface area (Å²) in [5, 5.41) is 5.56. The summed E-state index contributed by atoms with van der Waals surface area (Å²) in [6.07, 6.45) is 0. The molecule has 0 unspecified atom stereocenters. The third kappa shape index (κ3) is 5.83. The molecule has 0 fully saturated rings. The number of fused-ring (bicyclic) bond motifs is 1. The van der Waals surface area contributed by atoms with Crippen LogP contribution < -0.4 is 14.8 Å². The van der Waals surface area contributed by atoms with E-state index < -0.39 is 10.0 Å². The van der Waals surface area contributed by atoms with E-state index in [2.05, 4.69) is 10.0 Å². The normalized spacial score (nSPS) is 11.2. The van der Waals surface area contributed by atoms with Gasteiger partial charge in [0, 0.05) is 17.3 Å². The zero-order chi connectivity index (χ0) is 23.3. The van der Waals surface area contributed by atoms with Gasteiger partial charge in [-0.25, -0.2) is 8.42 Å². The topological polar surface area (TPSA) is 84.5 Å². The Morgan fingerprint density at radius 3 is 2.30 bits per heavy atom. The van der Waals surface area contributed by atoms with Crippen LogP contribution in [0.5, 0.6) is 5.75 Å². The minimum atomic E-state index is -3.76. The number of benzene rings is 4. The molecule has 4 aromatic carbocycles. The Hall–Kier alpha value is -3.55. The van der Waals surface area contributed by atoms with Crippen molar-refractivity contribution in [3.8, 4) is 5.75 Å². The number of sulfonamides is 1. The summed E-state index contributed by atoms with van der Waals surface area (Å²) < 4.78 is 33.0. The first kappa shape index (κ1) is 22.6. The van der Waals surface area contributed by atoms with Crippen molar-refractivity contribution in [1.29, 1.82) is 0 Å². The average molecular weight is 481 g/mol. The molecular weight excluding hydrogens is 460 g/mol. The van der Waals surface area contributed by atoms with Crippen LogP contribution in [-0.2, 0) is 21.4 Å². The number of carbonyl (C=O) groups is 1. The lowest BCUT2D eigenvalue weighted by atomic mass is 10.0. The Balaban J connectivity index is 1.31. The van der Waals surface area contributed by atoms with E-state index >= 15 is 0 Å². The maximum atomic E-state index is 12.5. The van der Waals surface area contributed by atoms with E-state index in [1.165, 1.54) is 24.3 Å². The van der Waals surface area contributed by atoms with E-state index in [0.29, 0.717) is 23.0 Å². The summed E-state index contributed by atoms with van der Waals surface area (Å²) in [6, 6.07) is 26.1. The number of nitrogens with one attached hydrogen (secondary N) is 2. The molecule has 0 aliphatic heterocycles. The van der Waals surface area contributed by atoms with Gasteiger partial charge in [-0.15, -0.1) is 0 Å². The van der Waals surface area contributed by atoms with Crippen molar-refractivity contribution in [2.75, 3.05) is 11.3 Å². The molecule has 0 saturated carbocycles. The van der Waals surface area contributed by atoms with Gasteiger partial charge in [-0.1, -0.05) is 54.1 Å². The summed E-state index contributed by atoms with van der Waals surface area (Å²) in [4.78, 5) is 12.3. The molecule has 0 bridgehead atoms. The second-order valence-corrected chi connectivity index (χ2v) is 9.41. The lowest BCUT2D eigenvalue weighted by molar-refractivity contribution is -0.123. The van der Waals surface area contributed by atoms with Gasteiger partial charge in [0.1, 0.15) is 5.75 Å². The summed E-state index contributed by atoms with van der Waals surface area (Å²) in [6.45, 7) is 0.205. The Kier molecular flexibility index (Phi) is 6.82. The van der Waals surface area contributed by atoms with Gasteiger partial charge in [-0.05, 0) is 64.9 Å². The molecule has 0 heterocycles. The van der Waals surface area contributed by atoms with Crippen LogP contribution in [-0.4, -0.2) is 20.9 Å². The average Bonchev–Trinajstić information content (AvgIpc) is 2.83. The van der Waals surface area contributed by atoms with Crippen molar-refractivity contribution in [3.05, 3.63) is 102 Å². The highest BCUT2D eigenvalue weighted by Crippen LogP contribution is 2.21. The van der Waals surface area contributed by atoms with E-state index in [4.69, 9.17) is 16.3 Å². The van der Waals surface area contributed by atoms with Crippen molar-refractivity contribution in [2.24, 2.45) is 0 Å². The summed E-state index contributed by atoms with van der Waals surface area (Å²) in [5.74, 6) is 0.116.